The number of hydrogen-bond donors (Lipinski definition) is 0. The van der Waals surface area contributed by atoms with E-state index in [2.05, 4.69) is 4.98 Å². The van der Waals surface area contributed by atoms with Crippen LogP contribution in [0.3, 0.4) is 0 Å². The average molecular weight is 343 g/mol. The van der Waals surface area contributed by atoms with Crippen LogP contribution in [0.15, 0.2) is 42.6 Å². The SMILES string of the molecule is Cc1c(-c2cccc3c2ccn3C)nc2cc(F)cc(F)c2c1Cl. The van der Waals surface area contributed by atoms with Crippen molar-refractivity contribution in [3.63, 3.8) is 0 Å². The predicted octanol–water partition coefficient (Wildman–Crippen LogP) is 5.63. The van der Waals surface area contributed by atoms with Gasteiger partial charge in [0, 0.05) is 41.8 Å². The third-order valence-corrected chi connectivity index (χ3v) is 4.83. The van der Waals surface area contributed by atoms with E-state index in [0.29, 0.717) is 11.3 Å². The van der Waals surface area contributed by atoms with Gasteiger partial charge in [0.15, 0.2) is 0 Å². The van der Waals surface area contributed by atoms with Gasteiger partial charge in [-0.25, -0.2) is 13.8 Å². The number of fused-ring (bicyclic) bond motifs is 2. The van der Waals surface area contributed by atoms with Gasteiger partial charge < -0.3 is 4.57 Å². The lowest BCUT2D eigenvalue weighted by atomic mass is 10.0. The standard InChI is InChI=1S/C19H13ClF2N2/c1-10-18(20)17-14(22)8-11(21)9-15(17)23-19(10)13-4-3-5-16-12(13)6-7-24(16)2/h3-9H,1-2H3. The first-order valence-corrected chi connectivity index (χ1v) is 7.84. The molecule has 2 nitrogen and oxygen atoms in total. The number of aryl methyl sites for hydroxylation is 1. The molecule has 0 spiro atoms. The van der Waals surface area contributed by atoms with E-state index < -0.39 is 11.6 Å². The molecule has 0 saturated carbocycles. The number of aromatic nitrogens is 2. The zero-order valence-electron chi connectivity index (χ0n) is 13.1. The Hall–Kier alpha value is -2.46. The smallest absolute Gasteiger partial charge is 0.137 e. The molecular weight excluding hydrogens is 330 g/mol. The summed E-state index contributed by atoms with van der Waals surface area (Å²) in [5.74, 6) is -1.37. The monoisotopic (exact) mass is 342 g/mol. The van der Waals surface area contributed by atoms with Crippen LogP contribution in [-0.4, -0.2) is 9.55 Å². The molecule has 0 saturated heterocycles. The molecule has 24 heavy (non-hydrogen) atoms. The van der Waals surface area contributed by atoms with Gasteiger partial charge in [-0.05, 0) is 24.6 Å². The number of rotatable bonds is 1. The van der Waals surface area contributed by atoms with Crippen molar-refractivity contribution in [1.82, 2.24) is 9.55 Å². The van der Waals surface area contributed by atoms with Gasteiger partial charge in [-0.15, -0.1) is 0 Å². The summed E-state index contributed by atoms with van der Waals surface area (Å²) in [4.78, 5) is 4.51. The maximum absolute atomic E-state index is 14.1. The second-order valence-electron chi connectivity index (χ2n) is 5.85. The largest absolute Gasteiger partial charge is 0.351 e. The van der Waals surface area contributed by atoms with E-state index >= 15 is 0 Å². The summed E-state index contributed by atoms with van der Waals surface area (Å²) in [7, 11) is 1.96. The summed E-state index contributed by atoms with van der Waals surface area (Å²) in [6.07, 6.45) is 1.96. The van der Waals surface area contributed by atoms with Crippen LogP contribution in [0.2, 0.25) is 5.02 Å². The Morgan fingerprint density at radius 3 is 2.71 bits per heavy atom. The van der Waals surface area contributed by atoms with Crippen LogP contribution < -0.4 is 0 Å². The zero-order valence-corrected chi connectivity index (χ0v) is 13.8. The number of halogens is 3. The molecule has 0 aliphatic carbocycles. The van der Waals surface area contributed by atoms with E-state index in [-0.39, 0.29) is 15.9 Å². The normalized spacial score (nSPS) is 11.5. The Balaban J connectivity index is 2.12. The molecule has 0 unspecified atom stereocenters. The molecule has 0 amide bonds. The second-order valence-corrected chi connectivity index (χ2v) is 6.22. The summed E-state index contributed by atoms with van der Waals surface area (Å²) in [5.41, 5.74) is 3.46. The van der Waals surface area contributed by atoms with Gasteiger partial charge in [0.1, 0.15) is 11.6 Å². The Labute approximate surface area is 142 Å². The average Bonchev–Trinajstić information content (AvgIpc) is 2.92. The summed E-state index contributed by atoms with van der Waals surface area (Å²) >= 11 is 6.39. The maximum atomic E-state index is 14.1. The fraction of sp³-hybridized carbons (Fsp3) is 0.105. The van der Waals surface area contributed by atoms with Crippen LogP contribution in [0.25, 0.3) is 33.1 Å². The van der Waals surface area contributed by atoms with Crippen molar-refractivity contribution in [3.05, 3.63) is 64.8 Å². The first kappa shape index (κ1) is 15.1. The number of hydrogen-bond acceptors (Lipinski definition) is 1. The molecule has 0 atom stereocenters. The van der Waals surface area contributed by atoms with Crippen LogP contribution in [0.5, 0.6) is 0 Å². The molecule has 2 heterocycles. The Kier molecular flexibility index (Phi) is 3.32. The highest BCUT2D eigenvalue weighted by Gasteiger charge is 2.17. The molecule has 0 aliphatic rings. The van der Waals surface area contributed by atoms with E-state index in [0.717, 1.165) is 22.5 Å². The Morgan fingerprint density at radius 1 is 1.12 bits per heavy atom. The van der Waals surface area contributed by atoms with Gasteiger partial charge >= 0.3 is 0 Å². The number of nitrogens with zero attached hydrogens (tertiary/aromatic N) is 2. The predicted molar refractivity (Wildman–Crippen MR) is 93.3 cm³/mol. The molecule has 5 heteroatoms. The topological polar surface area (TPSA) is 17.8 Å². The molecule has 2 aromatic heterocycles. The molecule has 120 valence electrons. The quantitative estimate of drug-likeness (QED) is 0.438. The third-order valence-electron chi connectivity index (χ3n) is 4.35. The molecule has 4 aromatic rings. The maximum Gasteiger partial charge on any atom is 0.137 e. The third kappa shape index (κ3) is 2.10. The molecule has 2 aromatic carbocycles. The first-order chi connectivity index (χ1) is 11.5. The van der Waals surface area contributed by atoms with Gasteiger partial charge in [0.25, 0.3) is 0 Å². The number of benzene rings is 2. The van der Waals surface area contributed by atoms with Crippen molar-refractivity contribution in [2.24, 2.45) is 7.05 Å². The second kappa shape index (κ2) is 5.28. The fourth-order valence-corrected chi connectivity index (χ4v) is 3.41. The molecule has 0 bridgehead atoms. The molecule has 0 radical (unpaired) electrons. The van der Waals surface area contributed by atoms with Crippen molar-refractivity contribution < 1.29 is 8.78 Å². The minimum absolute atomic E-state index is 0.152. The van der Waals surface area contributed by atoms with Crippen LogP contribution in [0.4, 0.5) is 8.78 Å². The van der Waals surface area contributed by atoms with Gasteiger partial charge in [-0.3, -0.25) is 0 Å². The summed E-state index contributed by atoms with van der Waals surface area (Å²) in [5, 5.41) is 1.43. The minimum atomic E-state index is -0.699. The van der Waals surface area contributed by atoms with Gasteiger partial charge in [-0.1, -0.05) is 23.7 Å². The lowest BCUT2D eigenvalue weighted by Crippen LogP contribution is -1.96. The first-order valence-electron chi connectivity index (χ1n) is 7.46. The Bertz CT molecular complexity index is 1120. The van der Waals surface area contributed by atoms with Crippen molar-refractivity contribution in [2.45, 2.75) is 6.92 Å². The molecular formula is C19H13ClF2N2. The van der Waals surface area contributed by atoms with E-state index in [1.165, 1.54) is 6.07 Å². The van der Waals surface area contributed by atoms with Crippen molar-refractivity contribution in [2.75, 3.05) is 0 Å². The van der Waals surface area contributed by atoms with Crippen LogP contribution in [0.1, 0.15) is 5.56 Å². The minimum Gasteiger partial charge on any atom is -0.351 e. The van der Waals surface area contributed by atoms with E-state index in [4.69, 9.17) is 11.6 Å². The Morgan fingerprint density at radius 2 is 1.92 bits per heavy atom. The van der Waals surface area contributed by atoms with E-state index in [1.54, 1.807) is 6.92 Å². The van der Waals surface area contributed by atoms with Crippen LogP contribution >= 0.6 is 11.6 Å². The van der Waals surface area contributed by atoms with E-state index in [9.17, 15) is 8.78 Å². The highest BCUT2D eigenvalue weighted by molar-refractivity contribution is 6.36. The lowest BCUT2D eigenvalue weighted by molar-refractivity contribution is 0.591. The fourth-order valence-electron chi connectivity index (χ4n) is 3.13. The van der Waals surface area contributed by atoms with Crippen LogP contribution in [-0.2, 0) is 7.05 Å². The van der Waals surface area contributed by atoms with Crippen molar-refractivity contribution in [1.29, 1.82) is 0 Å². The summed E-state index contributed by atoms with van der Waals surface area (Å²) in [6, 6.07) is 9.91. The molecule has 0 aliphatic heterocycles. The lowest BCUT2D eigenvalue weighted by Gasteiger charge is -2.12. The molecule has 0 fully saturated rings. The molecule has 0 N–H and O–H groups in total. The zero-order chi connectivity index (χ0) is 17.0. The van der Waals surface area contributed by atoms with E-state index in [1.807, 2.05) is 42.1 Å². The van der Waals surface area contributed by atoms with Crippen molar-refractivity contribution >= 4 is 33.4 Å². The number of pyridine rings is 1. The van der Waals surface area contributed by atoms with Gasteiger partial charge in [-0.2, -0.15) is 0 Å². The van der Waals surface area contributed by atoms with Gasteiger partial charge in [0.05, 0.1) is 21.6 Å². The van der Waals surface area contributed by atoms with Crippen molar-refractivity contribution in [3.8, 4) is 11.3 Å². The summed E-state index contributed by atoms with van der Waals surface area (Å²) in [6.45, 7) is 1.80. The molecule has 4 rings (SSSR count). The van der Waals surface area contributed by atoms with Crippen LogP contribution in [0, 0.1) is 18.6 Å². The highest BCUT2D eigenvalue weighted by Crippen LogP contribution is 2.37. The highest BCUT2D eigenvalue weighted by atomic mass is 35.5. The van der Waals surface area contributed by atoms with Gasteiger partial charge in [0.2, 0.25) is 0 Å². The summed E-state index contributed by atoms with van der Waals surface area (Å²) < 4.78 is 29.7.